The minimum absolute atomic E-state index is 0.0292. The molecular formula is C15H21NO3. The molecule has 0 unspecified atom stereocenters. The molecule has 1 aromatic rings. The van der Waals surface area contributed by atoms with E-state index in [1.807, 2.05) is 19.1 Å². The number of carbonyl (C=O) groups is 1. The molecule has 1 aliphatic rings. The van der Waals surface area contributed by atoms with Gasteiger partial charge in [0.2, 0.25) is 0 Å². The Balaban J connectivity index is 1.81. The zero-order valence-electron chi connectivity index (χ0n) is 11.4. The predicted octanol–water partition coefficient (Wildman–Crippen LogP) is 2.04. The van der Waals surface area contributed by atoms with Crippen LogP contribution in [0, 0.1) is 0 Å². The van der Waals surface area contributed by atoms with Crippen LogP contribution in [0.15, 0.2) is 24.3 Å². The molecule has 1 aliphatic heterocycles. The lowest BCUT2D eigenvalue weighted by molar-refractivity contribution is 0.0317. The molecule has 0 aromatic heterocycles. The molecule has 0 amide bonds. The van der Waals surface area contributed by atoms with Gasteiger partial charge in [0.25, 0.3) is 0 Å². The zero-order valence-corrected chi connectivity index (χ0v) is 11.4. The van der Waals surface area contributed by atoms with Gasteiger partial charge >= 0.3 is 0 Å². The van der Waals surface area contributed by atoms with Crippen molar-refractivity contribution in [3.05, 3.63) is 29.8 Å². The first kappa shape index (κ1) is 14.0. The SMILES string of the molecule is CCOc1ccc(C(=O)COC2CCNCC2)cc1. The number of ether oxygens (including phenoxy) is 2. The van der Waals surface area contributed by atoms with Gasteiger partial charge in [-0.3, -0.25) is 4.79 Å². The third-order valence-electron chi connectivity index (χ3n) is 3.22. The smallest absolute Gasteiger partial charge is 0.188 e. The molecule has 0 aliphatic carbocycles. The Morgan fingerprint density at radius 1 is 1.26 bits per heavy atom. The molecule has 1 aromatic carbocycles. The highest BCUT2D eigenvalue weighted by Crippen LogP contribution is 2.13. The van der Waals surface area contributed by atoms with Gasteiger partial charge in [0, 0.05) is 5.56 Å². The lowest BCUT2D eigenvalue weighted by Crippen LogP contribution is -2.33. The molecule has 104 valence electrons. The molecule has 1 saturated heterocycles. The van der Waals surface area contributed by atoms with Crippen LogP contribution < -0.4 is 10.1 Å². The van der Waals surface area contributed by atoms with Crippen LogP contribution in [0.1, 0.15) is 30.1 Å². The average Bonchev–Trinajstić information content (AvgIpc) is 2.47. The van der Waals surface area contributed by atoms with Crippen molar-refractivity contribution in [2.24, 2.45) is 0 Å². The Bertz CT molecular complexity index is 396. The fourth-order valence-electron chi connectivity index (χ4n) is 2.14. The highest BCUT2D eigenvalue weighted by atomic mass is 16.5. The van der Waals surface area contributed by atoms with E-state index in [1.54, 1.807) is 12.1 Å². The molecule has 19 heavy (non-hydrogen) atoms. The second-order valence-electron chi connectivity index (χ2n) is 4.64. The second-order valence-corrected chi connectivity index (χ2v) is 4.64. The van der Waals surface area contributed by atoms with Crippen molar-refractivity contribution in [1.82, 2.24) is 5.32 Å². The van der Waals surface area contributed by atoms with Crippen molar-refractivity contribution >= 4 is 5.78 Å². The van der Waals surface area contributed by atoms with Crippen molar-refractivity contribution in [3.63, 3.8) is 0 Å². The summed E-state index contributed by atoms with van der Waals surface area (Å²) in [6.07, 6.45) is 2.18. The summed E-state index contributed by atoms with van der Waals surface area (Å²) >= 11 is 0. The minimum Gasteiger partial charge on any atom is -0.494 e. The van der Waals surface area contributed by atoms with E-state index in [0.29, 0.717) is 12.2 Å². The predicted molar refractivity (Wildman–Crippen MR) is 73.8 cm³/mol. The Morgan fingerprint density at radius 3 is 2.58 bits per heavy atom. The first-order valence-electron chi connectivity index (χ1n) is 6.88. The van der Waals surface area contributed by atoms with Crippen molar-refractivity contribution in [2.45, 2.75) is 25.9 Å². The topological polar surface area (TPSA) is 47.6 Å². The maximum atomic E-state index is 12.0. The quantitative estimate of drug-likeness (QED) is 0.798. The van der Waals surface area contributed by atoms with Gasteiger partial charge in [-0.2, -0.15) is 0 Å². The van der Waals surface area contributed by atoms with Crippen LogP contribution in [-0.2, 0) is 4.74 Å². The van der Waals surface area contributed by atoms with Gasteiger partial charge < -0.3 is 14.8 Å². The number of benzene rings is 1. The number of nitrogens with one attached hydrogen (secondary N) is 1. The third kappa shape index (κ3) is 4.33. The molecule has 0 bridgehead atoms. The van der Waals surface area contributed by atoms with Crippen molar-refractivity contribution in [1.29, 1.82) is 0 Å². The molecule has 1 heterocycles. The normalized spacial score (nSPS) is 16.3. The van der Waals surface area contributed by atoms with Crippen LogP contribution >= 0.6 is 0 Å². The summed E-state index contributed by atoms with van der Waals surface area (Å²) < 4.78 is 11.0. The Labute approximate surface area is 114 Å². The summed E-state index contributed by atoms with van der Waals surface area (Å²) in [5, 5.41) is 3.27. The lowest BCUT2D eigenvalue weighted by atomic mass is 10.1. The number of carbonyl (C=O) groups excluding carboxylic acids is 1. The van der Waals surface area contributed by atoms with E-state index >= 15 is 0 Å². The van der Waals surface area contributed by atoms with Crippen LogP contribution in [0.4, 0.5) is 0 Å². The number of ketones is 1. The summed E-state index contributed by atoms with van der Waals surface area (Å²) in [6, 6.07) is 7.22. The maximum absolute atomic E-state index is 12.0. The average molecular weight is 263 g/mol. The van der Waals surface area contributed by atoms with Crippen LogP contribution in [0.25, 0.3) is 0 Å². The van der Waals surface area contributed by atoms with Crippen LogP contribution in [0.3, 0.4) is 0 Å². The van der Waals surface area contributed by atoms with Gasteiger partial charge in [-0.05, 0) is 57.1 Å². The molecule has 1 N–H and O–H groups in total. The summed E-state index contributed by atoms with van der Waals surface area (Å²) in [5.41, 5.74) is 0.678. The van der Waals surface area contributed by atoms with Gasteiger partial charge in [-0.25, -0.2) is 0 Å². The fraction of sp³-hybridized carbons (Fsp3) is 0.533. The Morgan fingerprint density at radius 2 is 1.95 bits per heavy atom. The van der Waals surface area contributed by atoms with Gasteiger partial charge in [-0.15, -0.1) is 0 Å². The molecule has 2 rings (SSSR count). The lowest BCUT2D eigenvalue weighted by Gasteiger charge is -2.22. The van der Waals surface area contributed by atoms with Crippen LogP contribution in [0.2, 0.25) is 0 Å². The minimum atomic E-state index is 0.0292. The number of Topliss-reactive ketones (excluding diaryl/α,β-unsaturated/α-hetero) is 1. The van der Waals surface area contributed by atoms with Crippen molar-refractivity contribution in [2.75, 3.05) is 26.3 Å². The molecule has 0 saturated carbocycles. The van der Waals surface area contributed by atoms with Gasteiger partial charge in [0.15, 0.2) is 5.78 Å². The monoisotopic (exact) mass is 263 g/mol. The standard InChI is InChI=1S/C15H21NO3/c1-2-18-13-5-3-12(4-6-13)15(17)11-19-14-7-9-16-10-8-14/h3-6,14,16H,2,7-11H2,1H3. The van der Waals surface area contributed by atoms with Gasteiger partial charge in [-0.1, -0.05) is 0 Å². The fourth-order valence-corrected chi connectivity index (χ4v) is 2.14. The third-order valence-corrected chi connectivity index (χ3v) is 3.22. The molecule has 4 nitrogen and oxygen atoms in total. The van der Waals surface area contributed by atoms with Crippen LogP contribution in [-0.4, -0.2) is 38.2 Å². The first-order chi connectivity index (χ1) is 9.29. The zero-order chi connectivity index (χ0) is 13.5. The highest BCUT2D eigenvalue weighted by Gasteiger charge is 2.15. The van der Waals surface area contributed by atoms with E-state index in [2.05, 4.69) is 5.32 Å². The maximum Gasteiger partial charge on any atom is 0.188 e. The Kier molecular flexibility index (Phi) is 5.36. The van der Waals surface area contributed by atoms with Crippen molar-refractivity contribution < 1.29 is 14.3 Å². The van der Waals surface area contributed by atoms with Crippen LogP contribution in [0.5, 0.6) is 5.75 Å². The van der Waals surface area contributed by atoms with E-state index in [9.17, 15) is 4.79 Å². The van der Waals surface area contributed by atoms with E-state index in [4.69, 9.17) is 9.47 Å². The van der Waals surface area contributed by atoms with E-state index in [-0.39, 0.29) is 18.5 Å². The summed E-state index contributed by atoms with van der Waals surface area (Å²) in [5.74, 6) is 0.819. The molecule has 0 radical (unpaired) electrons. The molecule has 0 atom stereocenters. The summed E-state index contributed by atoms with van der Waals surface area (Å²) in [7, 11) is 0. The highest BCUT2D eigenvalue weighted by molar-refractivity contribution is 5.97. The van der Waals surface area contributed by atoms with E-state index < -0.39 is 0 Å². The second kappa shape index (κ2) is 7.26. The number of hydrogen-bond donors (Lipinski definition) is 1. The number of rotatable bonds is 6. The molecular weight excluding hydrogens is 242 g/mol. The molecule has 4 heteroatoms. The number of piperidine rings is 1. The number of hydrogen-bond acceptors (Lipinski definition) is 4. The van der Waals surface area contributed by atoms with E-state index in [1.165, 1.54) is 0 Å². The molecule has 0 spiro atoms. The molecule has 1 fully saturated rings. The summed E-state index contributed by atoms with van der Waals surface area (Å²) in [4.78, 5) is 12.0. The van der Waals surface area contributed by atoms with Gasteiger partial charge in [0.05, 0.1) is 12.7 Å². The van der Waals surface area contributed by atoms with E-state index in [0.717, 1.165) is 31.7 Å². The first-order valence-corrected chi connectivity index (χ1v) is 6.88. The van der Waals surface area contributed by atoms with Crippen molar-refractivity contribution in [3.8, 4) is 5.75 Å². The van der Waals surface area contributed by atoms with Gasteiger partial charge in [0.1, 0.15) is 12.4 Å². The largest absolute Gasteiger partial charge is 0.494 e. The Hall–Kier alpha value is -1.39. The summed E-state index contributed by atoms with van der Waals surface area (Å²) in [6.45, 7) is 4.68.